The highest BCUT2D eigenvalue weighted by Crippen LogP contribution is 2.33. The molecule has 0 aliphatic carbocycles. The minimum absolute atomic E-state index is 0.0500. The molecule has 1 aliphatic rings. The van der Waals surface area contributed by atoms with Crippen LogP contribution in [0.25, 0.3) is 11.0 Å². The Kier molecular flexibility index (Phi) is 3.04. The maximum atomic E-state index is 12.9. The van der Waals surface area contributed by atoms with E-state index in [9.17, 15) is 4.79 Å². The normalized spacial score (nSPS) is 13.7. The quantitative estimate of drug-likeness (QED) is 0.692. The SMILES string of the molecule is Cc1ccc2c(c1)OCCN2C(=O)c1ccc2c(c1)nnn2C. The molecule has 3 aromatic rings. The lowest BCUT2D eigenvalue weighted by Gasteiger charge is -2.29. The minimum atomic E-state index is -0.0500. The van der Waals surface area contributed by atoms with Crippen LogP contribution in [0.4, 0.5) is 5.69 Å². The summed E-state index contributed by atoms with van der Waals surface area (Å²) in [6.07, 6.45) is 0. The van der Waals surface area contributed by atoms with Gasteiger partial charge in [-0.25, -0.2) is 4.68 Å². The summed E-state index contributed by atoms with van der Waals surface area (Å²) in [6.45, 7) is 3.04. The zero-order valence-corrected chi connectivity index (χ0v) is 13.0. The number of anilines is 1. The maximum absolute atomic E-state index is 12.9. The molecule has 6 heteroatoms. The number of aryl methyl sites for hydroxylation is 2. The van der Waals surface area contributed by atoms with Gasteiger partial charge in [0.05, 0.1) is 17.7 Å². The topological polar surface area (TPSA) is 60.2 Å². The van der Waals surface area contributed by atoms with Crippen LogP contribution >= 0.6 is 0 Å². The van der Waals surface area contributed by atoms with Gasteiger partial charge in [-0.3, -0.25) is 4.79 Å². The van der Waals surface area contributed by atoms with E-state index in [0.717, 1.165) is 28.0 Å². The van der Waals surface area contributed by atoms with Crippen LogP contribution in [0, 0.1) is 6.92 Å². The van der Waals surface area contributed by atoms with E-state index in [1.54, 1.807) is 15.6 Å². The highest BCUT2D eigenvalue weighted by Gasteiger charge is 2.25. The van der Waals surface area contributed by atoms with Crippen molar-refractivity contribution in [3.8, 4) is 5.75 Å². The molecule has 0 atom stereocenters. The Morgan fingerprint density at radius 2 is 2.09 bits per heavy atom. The Balaban J connectivity index is 1.74. The van der Waals surface area contributed by atoms with Crippen LogP contribution in [0.1, 0.15) is 15.9 Å². The van der Waals surface area contributed by atoms with Crippen molar-refractivity contribution in [1.29, 1.82) is 0 Å². The summed E-state index contributed by atoms with van der Waals surface area (Å²) >= 11 is 0. The summed E-state index contributed by atoms with van der Waals surface area (Å²) in [5.74, 6) is 0.705. The molecule has 0 N–H and O–H groups in total. The molecule has 23 heavy (non-hydrogen) atoms. The molecule has 2 aromatic carbocycles. The number of ether oxygens (including phenoxy) is 1. The van der Waals surface area contributed by atoms with Crippen molar-refractivity contribution in [2.45, 2.75) is 6.92 Å². The van der Waals surface area contributed by atoms with Gasteiger partial charge in [0, 0.05) is 12.6 Å². The molecular formula is C17H16N4O2. The first-order valence-electron chi connectivity index (χ1n) is 7.48. The first-order valence-corrected chi connectivity index (χ1v) is 7.48. The number of fused-ring (bicyclic) bond motifs is 2. The Labute approximate surface area is 133 Å². The van der Waals surface area contributed by atoms with Gasteiger partial charge in [0.15, 0.2) is 0 Å². The molecule has 0 spiro atoms. The average Bonchev–Trinajstić information content (AvgIpc) is 2.94. The molecule has 2 heterocycles. The second kappa shape index (κ2) is 5.08. The first-order chi connectivity index (χ1) is 11.1. The van der Waals surface area contributed by atoms with Crippen molar-refractivity contribution < 1.29 is 9.53 Å². The molecule has 0 fully saturated rings. The monoisotopic (exact) mass is 308 g/mol. The number of benzene rings is 2. The molecule has 0 bridgehead atoms. The van der Waals surface area contributed by atoms with Crippen LogP contribution in [0.5, 0.6) is 5.75 Å². The fourth-order valence-electron chi connectivity index (χ4n) is 2.87. The Morgan fingerprint density at radius 1 is 1.22 bits per heavy atom. The third kappa shape index (κ3) is 2.23. The van der Waals surface area contributed by atoms with E-state index >= 15 is 0 Å². The summed E-state index contributed by atoms with van der Waals surface area (Å²) in [5.41, 5.74) is 4.15. The van der Waals surface area contributed by atoms with Crippen molar-refractivity contribution in [2.75, 3.05) is 18.1 Å². The fraction of sp³-hybridized carbons (Fsp3) is 0.235. The zero-order valence-electron chi connectivity index (χ0n) is 13.0. The van der Waals surface area contributed by atoms with Crippen molar-refractivity contribution >= 4 is 22.6 Å². The Hall–Kier alpha value is -2.89. The Bertz CT molecular complexity index is 916. The van der Waals surface area contributed by atoms with Gasteiger partial charge in [-0.05, 0) is 42.8 Å². The molecule has 6 nitrogen and oxygen atoms in total. The third-order valence-corrected chi connectivity index (χ3v) is 4.08. The van der Waals surface area contributed by atoms with E-state index < -0.39 is 0 Å². The van der Waals surface area contributed by atoms with Gasteiger partial charge in [0.1, 0.15) is 17.9 Å². The van der Waals surface area contributed by atoms with Crippen LogP contribution in [-0.2, 0) is 7.05 Å². The van der Waals surface area contributed by atoms with E-state index in [1.165, 1.54) is 0 Å². The summed E-state index contributed by atoms with van der Waals surface area (Å²) in [4.78, 5) is 14.7. The highest BCUT2D eigenvalue weighted by atomic mass is 16.5. The minimum Gasteiger partial charge on any atom is -0.490 e. The lowest BCUT2D eigenvalue weighted by atomic mass is 10.1. The lowest BCUT2D eigenvalue weighted by Crippen LogP contribution is -2.37. The lowest BCUT2D eigenvalue weighted by molar-refractivity contribution is 0.0976. The summed E-state index contributed by atoms with van der Waals surface area (Å²) < 4.78 is 7.37. The molecule has 0 saturated carbocycles. The molecule has 1 aliphatic heterocycles. The summed E-state index contributed by atoms with van der Waals surface area (Å²) in [5, 5.41) is 8.06. The van der Waals surface area contributed by atoms with Gasteiger partial charge < -0.3 is 9.64 Å². The van der Waals surface area contributed by atoms with E-state index in [4.69, 9.17) is 4.74 Å². The number of hydrogen-bond acceptors (Lipinski definition) is 4. The van der Waals surface area contributed by atoms with Crippen molar-refractivity contribution in [3.05, 3.63) is 47.5 Å². The second-order valence-electron chi connectivity index (χ2n) is 5.69. The standard InChI is InChI=1S/C17H16N4O2/c1-11-3-5-15-16(9-11)23-8-7-21(15)17(22)12-4-6-14-13(10-12)18-19-20(14)2/h3-6,9-10H,7-8H2,1-2H3. The van der Waals surface area contributed by atoms with Gasteiger partial charge >= 0.3 is 0 Å². The molecule has 0 radical (unpaired) electrons. The summed E-state index contributed by atoms with van der Waals surface area (Å²) in [7, 11) is 1.83. The molecule has 116 valence electrons. The van der Waals surface area contributed by atoms with E-state index in [0.29, 0.717) is 18.7 Å². The second-order valence-corrected chi connectivity index (χ2v) is 5.69. The predicted molar refractivity (Wildman–Crippen MR) is 86.9 cm³/mol. The number of hydrogen-bond donors (Lipinski definition) is 0. The predicted octanol–water partition coefficient (Wildman–Crippen LogP) is 2.32. The van der Waals surface area contributed by atoms with Crippen molar-refractivity contribution in [1.82, 2.24) is 15.0 Å². The van der Waals surface area contributed by atoms with Crippen LogP contribution < -0.4 is 9.64 Å². The maximum Gasteiger partial charge on any atom is 0.258 e. The van der Waals surface area contributed by atoms with Crippen molar-refractivity contribution in [3.63, 3.8) is 0 Å². The summed E-state index contributed by atoms with van der Waals surface area (Å²) in [6, 6.07) is 11.4. The van der Waals surface area contributed by atoms with Gasteiger partial charge in [-0.15, -0.1) is 5.10 Å². The molecule has 0 unspecified atom stereocenters. The fourth-order valence-corrected chi connectivity index (χ4v) is 2.87. The van der Waals surface area contributed by atoms with E-state index in [1.807, 2.05) is 44.3 Å². The van der Waals surface area contributed by atoms with Gasteiger partial charge in [0.2, 0.25) is 0 Å². The Morgan fingerprint density at radius 3 is 2.96 bits per heavy atom. The van der Waals surface area contributed by atoms with Crippen LogP contribution in [0.15, 0.2) is 36.4 Å². The van der Waals surface area contributed by atoms with Crippen LogP contribution in [-0.4, -0.2) is 34.1 Å². The van der Waals surface area contributed by atoms with Crippen LogP contribution in [0.2, 0.25) is 0 Å². The van der Waals surface area contributed by atoms with E-state index in [-0.39, 0.29) is 5.91 Å². The number of aromatic nitrogens is 3. The largest absolute Gasteiger partial charge is 0.490 e. The first kappa shape index (κ1) is 13.8. The van der Waals surface area contributed by atoms with Gasteiger partial charge in [-0.2, -0.15) is 0 Å². The number of carbonyl (C=O) groups excluding carboxylic acids is 1. The molecule has 4 rings (SSSR count). The smallest absolute Gasteiger partial charge is 0.258 e. The number of rotatable bonds is 1. The molecule has 0 saturated heterocycles. The van der Waals surface area contributed by atoms with Crippen LogP contribution in [0.3, 0.4) is 0 Å². The average molecular weight is 308 g/mol. The zero-order chi connectivity index (χ0) is 16.0. The number of carbonyl (C=O) groups is 1. The number of nitrogens with zero attached hydrogens (tertiary/aromatic N) is 4. The molecular weight excluding hydrogens is 292 g/mol. The van der Waals surface area contributed by atoms with Crippen molar-refractivity contribution in [2.24, 2.45) is 7.05 Å². The number of amides is 1. The molecule has 1 aromatic heterocycles. The third-order valence-electron chi connectivity index (χ3n) is 4.08. The van der Waals surface area contributed by atoms with Gasteiger partial charge in [-0.1, -0.05) is 11.3 Å². The molecule has 1 amide bonds. The van der Waals surface area contributed by atoms with Gasteiger partial charge in [0.25, 0.3) is 5.91 Å². The highest BCUT2D eigenvalue weighted by molar-refractivity contribution is 6.08. The van der Waals surface area contributed by atoms with E-state index in [2.05, 4.69) is 10.3 Å².